The molecule has 4 heterocycles. The topological polar surface area (TPSA) is 15.6 Å². The molecule has 2 bridgehead atoms. The van der Waals surface area contributed by atoms with E-state index in [0.717, 1.165) is 12.5 Å². The summed E-state index contributed by atoms with van der Waals surface area (Å²) in [6, 6.07) is 9.46. The Balaban J connectivity index is 1.77. The van der Waals surface area contributed by atoms with Gasteiger partial charge in [-0.25, -0.2) is 0 Å². The van der Waals surface area contributed by atoms with Crippen LogP contribution in [0.15, 0.2) is 29.3 Å². The van der Waals surface area contributed by atoms with Gasteiger partial charge in [0.2, 0.25) is 0 Å². The lowest BCUT2D eigenvalue weighted by Crippen LogP contribution is -2.56. The van der Waals surface area contributed by atoms with Crippen molar-refractivity contribution in [3.63, 3.8) is 0 Å². The minimum atomic E-state index is 0.617. The van der Waals surface area contributed by atoms with Gasteiger partial charge in [-0.05, 0) is 43.5 Å². The Hall–Kier alpha value is -1.15. The van der Waals surface area contributed by atoms with Crippen LogP contribution in [-0.4, -0.2) is 29.7 Å². The molecule has 88 valence electrons. The SMILES string of the molecule is c1ccc2c(c1)CN=C1C3CCN(CC3)C1C2. The zero-order valence-corrected chi connectivity index (χ0v) is 10.1. The molecule has 4 aliphatic heterocycles. The summed E-state index contributed by atoms with van der Waals surface area (Å²) in [4.78, 5) is 7.60. The first kappa shape index (κ1) is 9.84. The number of aliphatic imine (C=N–C) groups is 1. The van der Waals surface area contributed by atoms with Gasteiger partial charge in [-0.15, -0.1) is 0 Å². The Bertz CT molecular complexity index is 470. The lowest BCUT2D eigenvalue weighted by Gasteiger charge is -2.46. The van der Waals surface area contributed by atoms with E-state index >= 15 is 0 Å². The second-order valence-corrected chi connectivity index (χ2v) is 5.54. The summed E-state index contributed by atoms with van der Waals surface area (Å²) in [7, 11) is 0. The Morgan fingerprint density at radius 3 is 2.65 bits per heavy atom. The average Bonchev–Trinajstić information content (AvgIpc) is 2.60. The molecule has 2 heteroatoms. The largest absolute Gasteiger partial charge is 0.295 e. The second-order valence-electron chi connectivity index (χ2n) is 5.54. The van der Waals surface area contributed by atoms with E-state index < -0.39 is 0 Å². The number of piperidine rings is 3. The van der Waals surface area contributed by atoms with Gasteiger partial charge in [0, 0.05) is 11.6 Å². The summed E-state index contributed by atoms with van der Waals surface area (Å²) in [5.41, 5.74) is 4.47. The van der Waals surface area contributed by atoms with E-state index in [9.17, 15) is 0 Å². The number of fused-ring (bicyclic) bond motifs is 3. The van der Waals surface area contributed by atoms with Gasteiger partial charge in [0.15, 0.2) is 0 Å². The number of hydrogen-bond donors (Lipinski definition) is 0. The highest BCUT2D eigenvalue weighted by molar-refractivity contribution is 5.93. The molecular weight excluding hydrogens is 208 g/mol. The molecule has 5 rings (SSSR count). The fraction of sp³-hybridized carbons (Fsp3) is 0.533. The Morgan fingerprint density at radius 1 is 1.06 bits per heavy atom. The van der Waals surface area contributed by atoms with Crippen LogP contribution in [-0.2, 0) is 13.0 Å². The van der Waals surface area contributed by atoms with E-state index in [0.29, 0.717) is 6.04 Å². The number of rotatable bonds is 0. The number of benzene rings is 1. The highest BCUT2D eigenvalue weighted by Gasteiger charge is 2.39. The van der Waals surface area contributed by atoms with Crippen molar-refractivity contribution in [1.29, 1.82) is 0 Å². The van der Waals surface area contributed by atoms with Crippen LogP contribution in [0.4, 0.5) is 0 Å². The first-order chi connectivity index (χ1) is 8.42. The van der Waals surface area contributed by atoms with E-state index in [1.807, 2.05) is 0 Å². The maximum absolute atomic E-state index is 4.94. The third-order valence-electron chi connectivity index (χ3n) is 4.69. The van der Waals surface area contributed by atoms with Crippen LogP contribution in [0.3, 0.4) is 0 Å². The van der Waals surface area contributed by atoms with Crippen LogP contribution in [0.2, 0.25) is 0 Å². The third kappa shape index (κ3) is 1.47. The maximum atomic E-state index is 4.94. The van der Waals surface area contributed by atoms with Crippen LogP contribution in [0.1, 0.15) is 24.0 Å². The monoisotopic (exact) mass is 226 g/mol. The maximum Gasteiger partial charge on any atom is 0.0642 e. The highest BCUT2D eigenvalue weighted by Crippen LogP contribution is 2.34. The second kappa shape index (κ2) is 3.67. The molecule has 0 saturated carbocycles. The minimum absolute atomic E-state index is 0.617. The molecule has 2 nitrogen and oxygen atoms in total. The zero-order valence-electron chi connectivity index (χ0n) is 10.1. The first-order valence-electron chi connectivity index (χ1n) is 6.77. The smallest absolute Gasteiger partial charge is 0.0642 e. The summed E-state index contributed by atoms with van der Waals surface area (Å²) in [6.07, 6.45) is 3.86. The van der Waals surface area contributed by atoms with Gasteiger partial charge >= 0.3 is 0 Å². The van der Waals surface area contributed by atoms with Gasteiger partial charge < -0.3 is 0 Å². The van der Waals surface area contributed by atoms with Crippen LogP contribution in [0.5, 0.6) is 0 Å². The lowest BCUT2D eigenvalue weighted by molar-refractivity contribution is 0.145. The van der Waals surface area contributed by atoms with Gasteiger partial charge in [0.05, 0.1) is 12.6 Å². The quantitative estimate of drug-likeness (QED) is 0.662. The van der Waals surface area contributed by atoms with Gasteiger partial charge in [-0.1, -0.05) is 24.3 Å². The molecule has 3 saturated heterocycles. The van der Waals surface area contributed by atoms with Crippen molar-refractivity contribution < 1.29 is 0 Å². The first-order valence-corrected chi connectivity index (χ1v) is 6.77. The standard InChI is InChI=1S/C15H18N2/c1-2-4-13-10-16-15-11-5-7-17(8-6-11)14(15)9-12(13)3-1/h1-4,11,14H,5-10H2. The van der Waals surface area contributed by atoms with Crippen LogP contribution >= 0.6 is 0 Å². The Kier molecular flexibility index (Phi) is 2.13. The molecule has 0 aliphatic carbocycles. The molecule has 1 aromatic rings. The van der Waals surface area contributed by atoms with Crippen molar-refractivity contribution in [1.82, 2.24) is 4.90 Å². The van der Waals surface area contributed by atoms with Gasteiger partial charge in [-0.2, -0.15) is 0 Å². The predicted octanol–water partition coefficient (Wildman–Crippen LogP) is 2.28. The fourth-order valence-electron chi connectivity index (χ4n) is 3.73. The minimum Gasteiger partial charge on any atom is -0.295 e. The molecule has 0 spiro atoms. The van der Waals surface area contributed by atoms with Crippen molar-refractivity contribution >= 4 is 5.71 Å². The van der Waals surface area contributed by atoms with Crippen LogP contribution < -0.4 is 0 Å². The molecule has 1 aromatic carbocycles. The predicted molar refractivity (Wildman–Crippen MR) is 69.4 cm³/mol. The van der Waals surface area contributed by atoms with Crippen molar-refractivity contribution in [2.24, 2.45) is 10.9 Å². The van der Waals surface area contributed by atoms with E-state index in [2.05, 4.69) is 29.2 Å². The van der Waals surface area contributed by atoms with E-state index in [1.54, 1.807) is 0 Å². The molecule has 4 aliphatic rings. The van der Waals surface area contributed by atoms with Crippen LogP contribution in [0, 0.1) is 5.92 Å². The van der Waals surface area contributed by atoms with Crippen molar-refractivity contribution in [2.75, 3.05) is 13.1 Å². The molecule has 3 fully saturated rings. The Morgan fingerprint density at radius 2 is 1.82 bits per heavy atom. The molecule has 1 unspecified atom stereocenters. The molecule has 0 radical (unpaired) electrons. The molecular formula is C15H18N2. The van der Waals surface area contributed by atoms with Gasteiger partial charge in [-0.3, -0.25) is 9.89 Å². The summed E-state index contributed by atoms with van der Waals surface area (Å²) in [6.45, 7) is 3.49. The summed E-state index contributed by atoms with van der Waals surface area (Å²) < 4.78 is 0. The fourth-order valence-corrected chi connectivity index (χ4v) is 3.73. The molecule has 1 atom stereocenters. The van der Waals surface area contributed by atoms with Gasteiger partial charge in [0.1, 0.15) is 0 Å². The highest BCUT2D eigenvalue weighted by atomic mass is 15.2. The van der Waals surface area contributed by atoms with E-state index in [-0.39, 0.29) is 0 Å². The number of hydrogen-bond acceptors (Lipinski definition) is 2. The third-order valence-corrected chi connectivity index (χ3v) is 4.69. The molecule has 0 N–H and O–H groups in total. The van der Waals surface area contributed by atoms with E-state index in [1.165, 1.54) is 49.2 Å². The zero-order chi connectivity index (χ0) is 11.2. The molecule has 0 amide bonds. The van der Waals surface area contributed by atoms with Crippen molar-refractivity contribution in [2.45, 2.75) is 31.8 Å². The van der Waals surface area contributed by atoms with Gasteiger partial charge in [0.25, 0.3) is 0 Å². The normalized spacial score (nSPS) is 34.6. The Labute approximate surface area is 102 Å². The molecule has 0 aromatic heterocycles. The van der Waals surface area contributed by atoms with Crippen LogP contribution in [0.25, 0.3) is 0 Å². The molecule has 17 heavy (non-hydrogen) atoms. The summed E-state index contributed by atoms with van der Waals surface area (Å²) in [5.74, 6) is 0.791. The average molecular weight is 226 g/mol. The summed E-state index contributed by atoms with van der Waals surface area (Å²) in [5, 5.41) is 0. The van der Waals surface area contributed by atoms with Crippen molar-refractivity contribution in [3.05, 3.63) is 35.4 Å². The van der Waals surface area contributed by atoms with Crippen molar-refractivity contribution in [3.8, 4) is 0 Å². The number of nitrogens with zero attached hydrogens (tertiary/aromatic N) is 2. The summed E-state index contributed by atoms with van der Waals surface area (Å²) >= 11 is 0. The van der Waals surface area contributed by atoms with E-state index in [4.69, 9.17) is 4.99 Å². The lowest BCUT2D eigenvalue weighted by atomic mass is 9.79.